The van der Waals surface area contributed by atoms with E-state index in [1.54, 1.807) is 14.2 Å². The van der Waals surface area contributed by atoms with Crippen LogP contribution in [0.5, 0.6) is 5.75 Å². The van der Waals surface area contributed by atoms with Crippen LogP contribution < -0.4 is 4.74 Å². The second-order valence-electron chi connectivity index (χ2n) is 12.1. The first-order chi connectivity index (χ1) is 17.4. The number of hydrogen-bond donors (Lipinski definition) is 0. The molecule has 210 valence electrons. The van der Waals surface area contributed by atoms with Crippen LogP contribution in [0.15, 0.2) is 24.3 Å². The highest BCUT2D eigenvalue weighted by Gasteiger charge is 2.51. The van der Waals surface area contributed by atoms with Crippen LogP contribution in [0.4, 0.5) is 0 Å². The van der Waals surface area contributed by atoms with Gasteiger partial charge in [-0.2, -0.15) is 0 Å². The average molecular weight is 537 g/mol. The van der Waals surface area contributed by atoms with Gasteiger partial charge in [0.15, 0.2) is 14.1 Å². The Labute approximate surface area is 224 Å². The molecule has 1 unspecified atom stereocenters. The normalized spacial score (nSPS) is 28.9. The number of rotatable bonds is 11. The number of hydrogen-bond acceptors (Lipinski definition) is 7. The third-order valence-corrected chi connectivity index (χ3v) is 12.6. The zero-order chi connectivity index (χ0) is 27.3. The summed E-state index contributed by atoms with van der Waals surface area (Å²) in [4.78, 5) is 12.3. The van der Waals surface area contributed by atoms with Crippen molar-refractivity contribution < 1.29 is 32.9 Å². The lowest BCUT2D eigenvalue weighted by molar-refractivity contribution is -0.342. The first-order valence-electron chi connectivity index (χ1n) is 13.7. The maximum Gasteiger partial charge on any atom is 0.192 e. The second kappa shape index (κ2) is 12.7. The molecule has 1 aromatic carbocycles. The summed E-state index contributed by atoms with van der Waals surface area (Å²) >= 11 is 0. The summed E-state index contributed by atoms with van der Waals surface area (Å²) in [6.07, 6.45) is 3.13. The van der Waals surface area contributed by atoms with Crippen molar-refractivity contribution in [1.82, 2.24) is 0 Å². The van der Waals surface area contributed by atoms with Gasteiger partial charge in [-0.3, -0.25) is 4.79 Å². The fourth-order valence-electron chi connectivity index (χ4n) is 4.97. The Morgan fingerprint density at radius 3 is 2.24 bits per heavy atom. The molecule has 0 radical (unpaired) electrons. The maximum absolute atomic E-state index is 12.3. The van der Waals surface area contributed by atoms with Crippen LogP contribution in [0, 0.1) is 0 Å². The maximum atomic E-state index is 12.3. The molecule has 5 atom stereocenters. The summed E-state index contributed by atoms with van der Waals surface area (Å²) in [6, 6.07) is 7.89. The first-order valence-corrected chi connectivity index (χ1v) is 16.6. The second-order valence-corrected chi connectivity index (χ2v) is 16.8. The third kappa shape index (κ3) is 8.34. The molecule has 0 amide bonds. The van der Waals surface area contributed by atoms with Crippen molar-refractivity contribution >= 4 is 14.1 Å². The average Bonchev–Trinajstić information content (AvgIpc) is 2.82. The van der Waals surface area contributed by atoms with Crippen molar-refractivity contribution in [3.63, 3.8) is 0 Å². The molecule has 37 heavy (non-hydrogen) atoms. The van der Waals surface area contributed by atoms with Gasteiger partial charge >= 0.3 is 0 Å². The summed E-state index contributed by atoms with van der Waals surface area (Å²) < 4.78 is 37.4. The van der Waals surface area contributed by atoms with Crippen molar-refractivity contribution in [2.45, 2.75) is 121 Å². The fourth-order valence-corrected chi connectivity index (χ4v) is 6.34. The van der Waals surface area contributed by atoms with Gasteiger partial charge in [0.25, 0.3) is 0 Å². The van der Waals surface area contributed by atoms with Crippen molar-refractivity contribution in [2.75, 3.05) is 20.8 Å². The Balaban J connectivity index is 1.76. The van der Waals surface area contributed by atoms with Gasteiger partial charge in [-0.05, 0) is 35.8 Å². The molecule has 7 nitrogen and oxygen atoms in total. The van der Waals surface area contributed by atoms with E-state index >= 15 is 0 Å². The van der Waals surface area contributed by atoms with Gasteiger partial charge in [0.1, 0.15) is 11.5 Å². The van der Waals surface area contributed by atoms with Crippen LogP contribution in [-0.4, -0.2) is 65.1 Å². The molecule has 0 saturated carbocycles. The van der Waals surface area contributed by atoms with Crippen LogP contribution in [-0.2, 0) is 34.8 Å². The van der Waals surface area contributed by atoms with Gasteiger partial charge in [-0.15, -0.1) is 0 Å². The van der Waals surface area contributed by atoms with E-state index in [2.05, 4.69) is 33.9 Å². The quantitative estimate of drug-likeness (QED) is 0.319. The number of carbonyl (C=O) groups is 1. The van der Waals surface area contributed by atoms with E-state index < -0.39 is 14.1 Å². The van der Waals surface area contributed by atoms with Crippen LogP contribution in [0.3, 0.4) is 0 Å². The van der Waals surface area contributed by atoms with Gasteiger partial charge in [0.2, 0.25) is 0 Å². The minimum Gasteiger partial charge on any atom is -0.497 e. The highest BCUT2D eigenvalue weighted by atomic mass is 28.4. The minimum absolute atomic E-state index is 0.0117. The van der Waals surface area contributed by atoms with E-state index in [4.69, 9.17) is 28.1 Å². The highest BCUT2D eigenvalue weighted by molar-refractivity contribution is 6.74. The molecule has 3 rings (SSSR count). The Morgan fingerprint density at radius 2 is 1.65 bits per heavy atom. The fraction of sp³-hybridized carbons (Fsp3) is 0.759. The van der Waals surface area contributed by atoms with Gasteiger partial charge in [-0.25, -0.2) is 0 Å². The van der Waals surface area contributed by atoms with Crippen molar-refractivity contribution in [1.29, 1.82) is 0 Å². The largest absolute Gasteiger partial charge is 0.497 e. The molecular formula is C29H48O7Si. The smallest absolute Gasteiger partial charge is 0.192 e. The molecule has 0 aliphatic carbocycles. The molecule has 8 heteroatoms. The van der Waals surface area contributed by atoms with Crippen molar-refractivity contribution in [2.24, 2.45) is 0 Å². The molecule has 0 N–H and O–H groups in total. The molecule has 0 aromatic heterocycles. The Kier molecular flexibility index (Phi) is 10.4. The third-order valence-electron chi connectivity index (χ3n) is 8.07. The Bertz CT molecular complexity index is 866. The van der Waals surface area contributed by atoms with Gasteiger partial charge in [0, 0.05) is 45.6 Å². The molecule has 0 bridgehead atoms. The van der Waals surface area contributed by atoms with Crippen molar-refractivity contribution in [3.8, 4) is 5.75 Å². The lowest BCUT2D eigenvalue weighted by Crippen LogP contribution is -2.58. The Hall–Kier alpha value is -1.29. The number of methoxy groups -OCH3 is 2. The predicted molar refractivity (Wildman–Crippen MR) is 146 cm³/mol. The van der Waals surface area contributed by atoms with Crippen LogP contribution in [0.1, 0.15) is 71.8 Å². The first kappa shape index (κ1) is 30.3. The van der Waals surface area contributed by atoms with Crippen LogP contribution in [0.2, 0.25) is 18.1 Å². The van der Waals surface area contributed by atoms with E-state index in [1.165, 1.54) is 0 Å². The van der Waals surface area contributed by atoms with Gasteiger partial charge in [0.05, 0.1) is 44.7 Å². The van der Waals surface area contributed by atoms with E-state index in [0.717, 1.165) is 17.7 Å². The summed E-state index contributed by atoms with van der Waals surface area (Å²) in [6.45, 7) is 14.2. The van der Waals surface area contributed by atoms with E-state index in [-0.39, 0.29) is 35.2 Å². The van der Waals surface area contributed by atoms with E-state index in [9.17, 15) is 4.79 Å². The van der Waals surface area contributed by atoms with Crippen molar-refractivity contribution in [3.05, 3.63) is 29.8 Å². The summed E-state index contributed by atoms with van der Waals surface area (Å²) in [5.74, 6) is 0.170. The number of Topliss-reactive ketones (excluding diaryl/α,β-unsaturated/α-hetero) is 1. The molecule has 2 heterocycles. The number of ketones is 1. The summed E-state index contributed by atoms with van der Waals surface area (Å²) in [7, 11) is 1.37. The SMILES string of the molecule is CCC(=O)C[C@@H]1C[C@H](OC)C[C@@]2(C[C@@H](O[Si](C)(C)C(C)(C)C)CC(COCc3ccc(OC)cc3)O2)O1. The zero-order valence-electron chi connectivity index (χ0n) is 24.1. The van der Waals surface area contributed by atoms with E-state index in [0.29, 0.717) is 45.3 Å². The highest BCUT2D eigenvalue weighted by Crippen LogP contribution is 2.45. The zero-order valence-corrected chi connectivity index (χ0v) is 25.1. The molecule has 2 aliphatic rings. The van der Waals surface area contributed by atoms with Crippen LogP contribution >= 0.6 is 0 Å². The Morgan fingerprint density at radius 1 is 1.03 bits per heavy atom. The minimum atomic E-state index is -2.02. The lowest BCUT2D eigenvalue weighted by Gasteiger charge is -2.51. The van der Waals surface area contributed by atoms with Gasteiger partial charge in [-0.1, -0.05) is 39.8 Å². The number of benzene rings is 1. The molecule has 2 fully saturated rings. The van der Waals surface area contributed by atoms with Crippen LogP contribution in [0.25, 0.3) is 0 Å². The molecule has 1 spiro atoms. The lowest BCUT2D eigenvalue weighted by atomic mass is 9.88. The number of carbonyl (C=O) groups excluding carboxylic acids is 1. The van der Waals surface area contributed by atoms with E-state index in [1.807, 2.05) is 31.2 Å². The predicted octanol–water partition coefficient (Wildman–Crippen LogP) is 6.04. The number of ether oxygens (including phenoxy) is 5. The standard InChI is InChI=1S/C29H48O7Si/c1-9-22(30)14-24-15-25(32-6)17-29(34-24)18-26(36-37(7,8)28(2,3)4)16-27(35-29)20-33-19-21-10-12-23(31-5)13-11-21/h10-13,24-27H,9,14-20H2,1-8H3/t24-,25+,26+,27?,29-/m1/s1. The van der Waals surface area contributed by atoms with Gasteiger partial charge < -0.3 is 28.1 Å². The topological polar surface area (TPSA) is 72.5 Å². The molecule has 2 aliphatic heterocycles. The monoisotopic (exact) mass is 536 g/mol. The molecular weight excluding hydrogens is 488 g/mol. The molecule has 2 saturated heterocycles. The molecule has 1 aromatic rings. The summed E-state index contributed by atoms with van der Waals surface area (Å²) in [5, 5.41) is 0.0946. The summed E-state index contributed by atoms with van der Waals surface area (Å²) in [5.41, 5.74) is 1.08.